The first kappa shape index (κ1) is 15.1. The number of ether oxygens (including phenoxy) is 1. The third-order valence-corrected chi connectivity index (χ3v) is 3.15. The lowest BCUT2D eigenvalue weighted by molar-refractivity contribution is 0.322. The predicted octanol–water partition coefficient (Wildman–Crippen LogP) is 4.12. The minimum absolute atomic E-state index is 0.104. The zero-order valence-electron chi connectivity index (χ0n) is 12.0. The number of nitrogens with one attached hydrogen (secondary N) is 1. The highest BCUT2D eigenvalue weighted by molar-refractivity contribution is 5.69. The van der Waals surface area contributed by atoms with Gasteiger partial charge in [0.05, 0.1) is 18.0 Å². The van der Waals surface area contributed by atoms with Crippen molar-refractivity contribution in [3.05, 3.63) is 53.6 Å². The van der Waals surface area contributed by atoms with Crippen molar-refractivity contribution in [2.24, 2.45) is 0 Å². The van der Waals surface area contributed by atoms with Crippen LogP contribution >= 0.6 is 0 Å². The smallest absolute Gasteiger partial charge is 0.167 e. The topological polar surface area (TPSA) is 47.3 Å². The second-order valence-corrected chi connectivity index (χ2v) is 4.72. The van der Waals surface area contributed by atoms with Crippen molar-refractivity contribution in [2.45, 2.75) is 19.9 Å². The SMILES string of the molecule is CCOc1cc(NC(C)c2ccc(F)cc2)c(N)cc1F. The molecule has 1 atom stereocenters. The van der Waals surface area contributed by atoms with Crippen LogP contribution in [0.4, 0.5) is 20.2 Å². The Hall–Kier alpha value is -2.30. The van der Waals surface area contributed by atoms with Gasteiger partial charge in [-0.15, -0.1) is 0 Å². The number of benzene rings is 2. The van der Waals surface area contributed by atoms with E-state index in [1.807, 2.05) is 6.92 Å². The fraction of sp³-hybridized carbons (Fsp3) is 0.250. The van der Waals surface area contributed by atoms with Crippen molar-refractivity contribution in [3.63, 3.8) is 0 Å². The normalized spacial score (nSPS) is 12.0. The molecule has 0 aliphatic heterocycles. The van der Waals surface area contributed by atoms with E-state index in [-0.39, 0.29) is 17.6 Å². The lowest BCUT2D eigenvalue weighted by Crippen LogP contribution is -2.09. The molecule has 0 radical (unpaired) electrons. The standard InChI is InChI=1S/C16H18F2N2O/c1-3-21-16-9-15(14(19)8-13(16)18)20-10(2)11-4-6-12(17)7-5-11/h4-10,20H,3,19H2,1-2H3. The Bertz CT molecular complexity index is 614. The van der Waals surface area contributed by atoms with E-state index in [1.165, 1.54) is 24.3 Å². The zero-order chi connectivity index (χ0) is 15.4. The van der Waals surface area contributed by atoms with Gasteiger partial charge in [0.1, 0.15) is 5.82 Å². The van der Waals surface area contributed by atoms with E-state index < -0.39 is 5.82 Å². The number of anilines is 2. The van der Waals surface area contributed by atoms with E-state index >= 15 is 0 Å². The Labute approximate surface area is 122 Å². The average molecular weight is 292 g/mol. The lowest BCUT2D eigenvalue weighted by atomic mass is 10.1. The monoisotopic (exact) mass is 292 g/mol. The summed E-state index contributed by atoms with van der Waals surface area (Å²) >= 11 is 0. The molecule has 2 rings (SSSR count). The fourth-order valence-corrected chi connectivity index (χ4v) is 2.03. The first-order chi connectivity index (χ1) is 10.0. The third kappa shape index (κ3) is 3.62. The third-order valence-electron chi connectivity index (χ3n) is 3.15. The Morgan fingerprint density at radius 3 is 2.48 bits per heavy atom. The molecule has 0 amide bonds. The van der Waals surface area contributed by atoms with Crippen molar-refractivity contribution < 1.29 is 13.5 Å². The second-order valence-electron chi connectivity index (χ2n) is 4.72. The Morgan fingerprint density at radius 2 is 1.86 bits per heavy atom. The molecule has 0 bridgehead atoms. The molecule has 112 valence electrons. The van der Waals surface area contributed by atoms with Crippen LogP contribution in [0.3, 0.4) is 0 Å². The first-order valence-corrected chi connectivity index (χ1v) is 6.75. The fourth-order valence-electron chi connectivity index (χ4n) is 2.03. The number of nitrogens with two attached hydrogens (primary N) is 1. The largest absolute Gasteiger partial charge is 0.491 e. The van der Waals surface area contributed by atoms with Crippen LogP contribution in [0.15, 0.2) is 36.4 Å². The molecular formula is C16H18F2N2O. The molecule has 0 aliphatic rings. The van der Waals surface area contributed by atoms with E-state index in [2.05, 4.69) is 5.32 Å². The maximum absolute atomic E-state index is 13.6. The van der Waals surface area contributed by atoms with Gasteiger partial charge >= 0.3 is 0 Å². The highest BCUT2D eigenvalue weighted by Gasteiger charge is 2.12. The summed E-state index contributed by atoms with van der Waals surface area (Å²) in [7, 11) is 0. The molecule has 0 heterocycles. The molecule has 0 saturated carbocycles. The van der Waals surface area contributed by atoms with Gasteiger partial charge in [0.15, 0.2) is 11.6 Å². The summed E-state index contributed by atoms with van der Waals surface area (Å²) in [6, 6.07) is 8.83. The second kappa shape index (κ2) is 6.43. The van der Waals surface area contributed by atoms with Gasteiger partial charge in [0.25, 0.3) is 0 Å². The predicted molar refractivity (Wildman–Crippen MR) is 80.4 cm³/mol. The van der Waals surface area contributed by atoms with E-state index in [9.17, 15) is 8.78 Å². The van der Waals surface area contributed by atoms with Crippen LogP contribution in [0.1, 0.15) is 25.5 Å². The molecule has 0 fully saturated rings. The molecule has 0 aliphatic carbocycles. The Kier molecular flexibility index (Phi) is 4.62. The van der Waals surface area contributed by atoms with E-state index in [0.717, 1.165) is 5.56 Å². The highest BCUT2D eigenvalue weighted by atomic mass is 19.1. The molecule has 0 aromatic heterocycles. The van der Waals surface area contributed by atoms with Crippen molar-refractivity contribution in [1.82, 2.24) is 0 Å². The van der Waals surface area contributed by atoms with Gasteiger partial charge in [-0.05, 0) is 31.5 Å². The van der Waals surface area contributed by atoms with Crippen LogP contribution < -0.4 is 15.8 Å². The summed E-state index contributed by atoms with van der Waals surface area (Å²) in [5.41, 5.74) is 7.60. The number of nitrogen functional groups attached to an aromatic ring is 1. The Morgan fingerprint density at radius 1 is 1.19 bits per heavy atom. The molecule has 0 spiro atoms. The van der Waals surface area contributed by atoms with Crippen LogP contribution in [0.25, 0.3) is 0 Å². The highest BCUT2D eigenvalue weighted by Crippen LogP contribution is 2.31. The van der Waals surface area contributed by atoms with Crippen molar-refractivity contribution >= 4 is 11.4 Å². The van der Waals surface area contributed by atoms with E-state index in [4.69, 9.17) is 10.5 Å². The Balaban J connectivity index is 2.22. The summed E-state index contributed by atoms with van der Waals surface area (Å²) in [6.07, 6.45) is 0. The first-order valence-electron chi connectivity index (χ1n) is 6.75. The summed E-state index contributed by atoms with van der Waals surface area (Å²) in [5.74, 6) is -0.624. The van der Waals surface area contributed by atoms with Gasteiger partial charge in [-0.2, -0.15) is 0 Å². The maximum Gasteiger partial charge on any atom is 0.167 e. The molecule has 0 saturated heterocycles. The van der Waals surface area contributed by atoms with Gasteiger partial charge in [-0.25, -0.2) is 8.78 Å². The molecule has 3 nitrogen and oxygen atoms in total. The summed E-state index contributed by atoms with van der Waals surface area (Å²) in [5, 5.41) is 3.18. The van der Waals surface area contributed by atoms with Crippen LogP contribution in [-0.2, 0) is 0 Å². The van der Waals surface area contributed by atoms with Crippen molar-refractivity contribution in [1.29, 1.82) is 0 Å². The van der Waals surface area contributed by atoms with Gasteiger partial charge in [0, 0.05) is 18.2 Å². The lowest BCUT2D eigenvalue weighted by Gasteiger charge is -2.18. The van der Waals surface area contributed by atoms with Crippen LogP contribution in [0.2, 0.25) is 0 Å². The van der Waals surface area contributed by atoms with Crippen molar-refractivity contribution in [3.8, 4) is 5.75 Å². The number of rotatable bonds is 5. The average Bonchev–Trinajstić information content (AvgIpc) is 2.45. The molecule has 21 heavy (non-hydrogen) atoms. The van der Waals surface area contributed by atoms with Gasteiger partial charge < -0.3 is 15.8 Å². The quantitative estimate of drug-likeness (QED) is 0.815. The molecule has 5 heteroatoms. The van der Waals surface area contributed by atoms with Crippen LogP contribution in [-0.4, -0.2) is 6.61 Å². The molecule has 3 N–H and O–H groups in total. The maximum atomic E-state index is 13.6. The number of hydrogen-bond donors (Lipinski definition) is 2. The van der Waals surface area contributed by atoms with Crippen LogP contribution in [0.5, 0.6) is 5.75 Å². The molecule has 1 unspecified atom stereocenters. The van der Waals surface area contributed by atoms with Gasteiger partial charge in [0.2, 0.25) is 0 Å². The molecule has 2 aromatic rings. The summed E-state index contributed by atoms with van der Waals surface area (Å²) in [4.78, 5) is 0. The van der Waals surface area contributed by atoms with E-state index in [0.29, 0.717) is 18.0 Å². The van der Waals surface area contributed by atoms with E-state index in [1.54, 1.807) is 19.1 Å². The zero-order valence-corrected chi connectivity index (χ0v) is 12.0. The molecular weight excluding hydrogens is 274 g/mol. The summed E-state index contributed by atoms with van der Waals surface area (Å²) in [6.45, 7) is 4.06. The van der Waals surface area contributed by atoms with Gasteiger partial charge in [-0.1, -0.05) is 12.1 Å². The summed E-state index contributed by atoms with van der Waals surface area (Å²) < 4.78 is 31.8. The molecule has 2 aromatic carbocycles. The minimum atomic E-state index is -0.491. The van der Waals surface area contributed by atoms with Gasteiger partial charge in [-0.3, -0.25) is 0 Å². The van der Waals surface area contributed by atoms with Crippen molar-refractivity contribution in [2.75, 3.05) is 17.7 Å². The van der Waals surface area contributed by atoms with Crippen LogP contribution in [0, 0.1) is 11.6 Å². The number of halogens is 2. The minimum Gasteiger partial charge on any atom is -0.491 e. The number of hydrogen-bond acceptors (Lipinski definition) is 3.